The summed E-state index contributed by atoms with van der Waals surface area (Å²) in [6.07, 6.45) is 2.98. The van der Waals surface area contributed by atoms with Crippen molar-refractivity contribution in [3.63, 3.8) is 0 Å². The van der Waals surface area contributed by atoms with Crippen molar-refractivity contribution in [2.75, 3.05) is 19.6 Å². The summed E-state index contributed by atoms with van der Waals surface area (Å²) in [5, 5.41) is 3.40. The molecular formula is C18H31N3O2S. The summed E-state index contributed by atoms with van der Waals surface area (Å²) >= 11 is 0. The van der Waals surface area contributed by atoms with Crippen LogP contribution in [0.3, 0.4) is 0 Å². The molecule has 1 aliphatic rings. The third-order valence-electron chi connectivity index (χ3n) is 4.51. The molecule has 1 N–H and O–H groups in total. The Morgan fingerprint density at radius 3 is 2.58 bits per heavy atom. The zero-order valence-corrected chi connectivity index (χ0v) is 15.9. The van der Waals surface area contributed by atoms with Crippen LogP contribution in [0.4, 0.5) is 0 Å². The van der Waals surface area contributed by atoms with Gasteiger partial charge in [-0.15, -0.1) is 0 Å². The second-order valence-corrected chi connectivity index (χ2v) is 8.62. The van der Waals surface area contributed by atoms with Gasteiger partial charge in [-0.3, -0.25) is 0 Å². The fraction of sp³-hybridized carbons (Fsp3) is 0.667. The molecule has 0 saturated carbocycles. The largest absolute Gasteiger partial charge is 0.313 e. The molecule has 1 aliphatic heterocycles. The summed E-state index contributed by atoms with van der Waals surface area (Å²) in [5.74, 6) is 0. The van der Waals surface area contributed by atoms with Gasteiger partial charge in [0.2, 0.25) is 0 Å². The van der Waals surface area contributed by atoms with E-state index < -0.39 is 10.2 Å². The van der Waals surface area contributed by atoms with Crippen LogP contribution in [-0.2, 0) is 16.8 Å². The SMILES string of the molecule is CCN(Cc1ccccc1)S(=O)(=O)N1CCCCC1CNC(C)C. The molecule has 0 aromatic heterocycles. The molecule has 1 aromatic rings. The highest BCUT2D eigenvalue weighted by atomic mass is 32.2. The average molecular weight is 354 g/mol. The molecular weight excluding hydrogens is 322 g/mol. The highest BCUT2D eigenvalue weighted by molar-refractivity contribution is 7.86. The summed E-state index contributed by atoms with van der Waals surface area (Å²) in [5.41, 5.74) is 1.02. The van der Waals surface area contributed by atoms with Crippen LogP contribution in [-0.4, -0.2) is 48.7 Å². The minimum absolute atomic E-state index is 0.0518. The van der Waals surface area contributed by atoms with Gasteiger partial charge in [-0.25, -0.2) is 0 Å². The maximum atomic E-state index is 13.2. The molecule has 1 fully saturated rings. The van der Waals surface area contributed by atoms with E-state index >= 15 is 0 Å². The Labute approximate surface area is 147 Å². The van der Waals surface area contributed by atoms with Crippen LogP contribution in [0.25, 0.3) is 0 Å². The fourth-order valence-corrected chi connectivity index (χ4v) is 5.00. The lowest BCUT2D eigenvalue weighted by Crippen LogP contribution is -2.53. The van der Waals surface area contributed by atoms with Crippen LogP contribution in [0.5, 0.6) is 0 Å². The van der Waals surface area contributed by atoms with E-state index in [1.54, 1.807) is 8.61 Å². The molecule has 6 heteroatoms. The van der Waals surface area contributed by atoms with Crippen molar-refractivity contribution in [1.29, 1.82) is 0 Å². The highest BCUT2D eigenvalue weighted by Gasteiger charge is 2.35. The number of nitrogens with one attached hydrogen (secondary N) is 1. The average Bonchev–Trinajstić information content (AvgIpc) is 2.58. The second-order valence-electron chi connectivity index (χ2n) is 6.74. The van der Waals surface area contributed by atoms with E-state index in [0.717, 1.165) is 31.4 Å². The second kappa shape index (κ2) is 8.94. The van der Waals surface area contributed by atoms with Crippen molar-refractivity contribution in [2.45, 2.75) is 58.7 Å². The monoisotopic (exact) mass is 353 g/mol. The van der Waals surface area contributed by atoms with Gasteiger partial charge in [0.1, 0.15) is 0 Å². The minimum Gasteiger partial charge on any atom is -0.313 e. The maximum Gasteiger partial charge on any atom is 0.282 e. The maximum absolute atomic E-state index is 13.2. The molecule has 5 nitrogen and oxygen atoms in total. The third-order valence-corrected chi connectivity index (χ3v) is 6.63. The number of nitrogens with zero attached hydrogens (tertiary/aromatic N) is 2. The van der Waals surface area contributed by atoms with Gasteiger partial charge in [0.05, 0.1) is 0 Å². The van der Waals surface area contributed by atoms with Crippen LogP contribution in [0, 0.1) is 0 Å². The van der Waals surface area contributed by atoms with Gasteiger partial charge in [-0.2, -0.15) is 17.0 Å². The number of hydrogen-bond acceptors (Lipinski definition) is 3. The van der Waals surface area contributed by atoms with Crippen molar-refractivity contribution in [1.82, 2.24) is 13.9 Å². The zero-order chi connectivity index (χ0) is 17.6. The summed E-state index contributed by atoms with van der Waals surface area (Å²) in [7, 11) is -3.44. The van der Waals surface area contributed by atoms with E-state index in [0.29, 0.717) is 25.7 Å². The van der Waals surface area contributed by atoms with E-state index in [-0.39, 0.29) is 6.04 Å². The summed E-state index contributed by atoms with van der Waals surface area (Å²) in [4.78, 5) is 0. The van der Waals surface area contributed by atoms with Crippen molar-refractivity contribution in [2.24, 2.45) is 0 Å². The third kappa shape index (κ3) is 5.02. The normalized spacial score (nSPS) is 20.0. The Bertz CT molecular complexity index is 590. The molecule has 1 unspecified atom stereocenters. The molecule has 1 heterocycles. The molecule has 0 spiro atoms. The topological polar surface area (TPSA) is 52.7 Å². The zero-order valence-electron chi connectivity index (χ0n) is 15.1. The first-order valence-corrected chi connectivity index (χ1v) is 10.4. The van der Waals surface area contributed by atoms with Crippen LogP contribution < -0.4 is 5.32 Å². The smallest absolute Gasteiger partial charge is 0.282 e. The van der Waals surface area contributed by atoms with Gasteiger partial charge < -0.3 is 5.32 Å². The van der Waals surface area contributed by atoms with Gasteiger partial charge in [-0.05, 0) is 18.4 Å². The van der Waals surface area contributed by atoms with Gasteiger partial charge in [-0.1, -0.05) is 57.5 Å². The minimum atomic E-state index is -3.44. The van der Waals surface area contributed by atoms with E-state index in [2.05, 4.69) is 19.2 Å². The fourth-order valence-electron chi connectivity index (χ4n) is 3.15. The molecule has 1 saturated heterocycles. The Morgan fingerprint density at radius 1 is 1.25 bits per heavy atom. The van der Waals surface area contributed by atoms with Crippen LogP contribution in [0.2, 0.25) is 0 Å². The molecule has 2 rings (SSSR count). The first kappa shape index (κ1) is 19.4. The predicted molar refractivity (Wildman–Crippen MR) is 98.9 cm³/mol. The lowest BCUT2D eigenvalue weighted by Gasteiger charge is -2.38. The molecule has 1 aromatic carbocycles. The Hall–Kier alpha value is -0.950. The summed E-state index contributed by atoms with van der Waals surface area (Å²) in [6, 6.07) is 10.2. The number of rotatable bonds is 8. The molecule has 0 amide bonds. The first-order chi connectivity index (χ1) is 11.4. The van der Waals surface area contributed by atoms with E-state index in [4.69, 9.17) is 0 Å². The Morgan fingerprint density at radius 2 is 1.96 bits per heavy atom. The van der Waals surface area contributed by atoms with Gasteiger partial charge in [0.25, 0.3) is 10.2 Å². The van der Waals surface area contributed by atoms with Crippen molar-refractivity contribution < 1.29 is 8.42 Å². The van der Waals surface area contributed by atoms with E-state index in [9.17, 15) is 8.42 Å². The number of piperidine rings is 1. The van der Waals surface area contributed by atoms with Gasteiger partial charge in [0, 0.05) is 38.3 Å². The molecule has 0 radical (unpaired) electrons. The van der Waals surface area contributed by atoms with Crippen LogP contribution >= 0.6 is 0 Å². The molecule has 24 heavy (non-hydrogen) atoms. The van der Waals surface area contributed by atoms with Crippen LogP contribution in [0.15, 0.2) is 30.3 Å². The van der Waals surface area contributed by atoms with Gasteiger partial charge in [0.15, 0.2) is 0 Å². The summed E-state index contributed by atoms with van der Waals surface area (Å²) in [6.45, 7) is 8.35. The van der Waals surface area contributed by atoms with Crippen molar-refractivity contribution in [3.05, 3.63) is 35.9 Å². The van der Waals surface area contributed by atoms with E-state index in [1.165, 1.54) is 0 Å². The number of hydrogen-bond donors (Lipinski definition) is 1. The molecule has 0 bridgehead atoms. The molecule has 1 atom stereocenters. The van der Waals surface area contributed by atoms with Crippen molar-refractivity contribution >= 4 is 10.2 Å². The standard InChI is InChI=1S/C18H31N3O2S/c1-4-20(15-17-10-6-5-7-11-17)24(22,23)21-13-9-8-12-18(21)14-19-16(2)3/h5-7,10-11,16,18-19H,4,8-9,12-15H2,1-3H3. The molecule has 136 valence electrons. The molecule has 0 aliphatic carbocycles. The summed E-state index contributed by atoms with van der Waals surface area (Å²) < 4.78 is 29.7. The van der Waals surface area contributed by atoms with E-state index in [1.807, 2.05) is 37.3 Å². The highest BCUT2D eigenvalue weighted by Crippen LogP contribution is 2.23. The predicted octanol–water partition coefficient (Wildman–Crippen LogP) is 2.61. The quantitative estimate of drug-likeness (QED) is 0.782. The van der Waals surface area contributed by atoms with Crippen LogP contribution in [0.1, 0.15) is 45.6 Å². The lowest BCUT2D eigenvalue weighted by molar-refractivity contribution is 0.223. The Balaban J connectivity index is 2.14. The van der Waals surface area contributed by atoms with Crippen molar-refractivity contribution in [3.8, 4) is 0 Å². The number of benzene rings is 1. The van der Waals surface area contributed by atoms with Gasteiger partial charge >= 0.3 is 0 Å². The Kier molecular flexibility index (Phi) is 7.22. The first-order valence-electron chi connectivity index (χ1n) is 8.99. The lowest BCUT2D eigenvalue weighted by atomic mass is 10.0.